The first-order valence-electron chi connectivity index (χ1n) is 5.91. The van der Waals surface area contributed by atoms with Crippen molar-refractivity contribution in [3.05, 3.63) is 47.4 Å². The van der Waals surface area contributed by atoms with Gasteiger partial charge in [-0.3, -0.25) is 4.57 Å². The van der Waals surface area contributed by atoms with Crippen molar-refractivity contribution in [1.29, 1.82) is 5.26 Å². The number of aromatic nitrogens is 3. The van der Waals surface area contributed by atoms with Crippen molar-refractivity contribution in [3.8, 4) is 11.8 Å². The Kier molecular flexibility index (Phi) is 2.61. The fourth-order valence-electron chi connectivity index (χ4n) is 2.11. The third kappa shape index (κ3) is 1.68. The fourth-order valence-corrected chi connectivity index (χ4v) is 2.11. The molecule has 98 valence electrons. The van der Waals surface area contributed by atoms with Gasteiger partial charge in [0.1, 0.15) is 11.3 Å². The topological polar surface area (TPSA) is 80.5 Å². The van der Waals surface area contributed by atoms with Gasteiger partial charge in [0.2, 0.25) is 5.95 Å². The summed E-state index contributed by atoms with van der Waals surface area (Å²) in [4.78, 5) is 8.43. The minimum atomic E-state index is -0.543. The van der Waals surface area contributed by atoms with E-state index in [1.54, 1.807) is 6.20 Å². The van der Waals surface area contributed by atoms with E-state index in [1.165, 1.54) is 16.7 Å². The van der Waals surface area contributed by atoms with Crippen molar-refractivity contribution in [3.63, 3.8) is 0 Å². The molecule has 0 radical (unpaired) electrons. The molecule has 3 aromatic rings. The Bertz CT molecular complexity index is 860. The smallest absolute Gasteiger partial charge is 0.207 e. The Morgan fingerprint density at radius 2 is 2.15 bits per heavy atom. The number of nitriles is 1. The van der Waals surface area contributed by atoms with Gasteiger partial charge in [-0.25, -0.2) is 14.4 Å². The quantitative estimate of drug-likeness (QED) is 0.733. The van der Waals surface area contributed by atoms with Crippen LogP contribution in [0.1, 0.15) is 11.1 Å². The van der Waals surface area contributed by atoms with Gasteiger partial charge in [0.15, 0.2) is 5.65 Å². The normalized spacial score (nSPS) is 10.7. The maximum absolute atomic E-state index is 14.1. The Balaban J connectivity index is 2.33. The Hall–Kier alpha value is -2.94. The summed E-state index contributed by atoms with van der Waals surface area (Å²) in [5.74, 6) is -0.385. The molecule has 0 saturated heterocycles. The van der Waals surface area contributed by atoms with E-state index in [4.69, 9.17) is 11.0 Å². The number of rotatable bonds is 1. The van der Waals surface area contributed by atoms with Crippen molar-refractivity contribution >= 4 is 17.1 Å². The standard InChI is InChI=1S/C14H10FN5/c1-8-4-5-18-13-12(8)19-14(17)20(13)11-3-2-9(7-16)6-10(11)15/h2-6H,1H3,(H2,17,19). The van der Waals surface area contributed by atoms with E-state index >= 15 is 0 Å². The summed E-state index contributed by atoms with van der Waals surface area (Å²) in [6, 6.07) is 7.89. The van der Waals surface area contributed by atoms with E-state index in [-0.39, 0.29) is 17.2 Å². The van der Waals surface area contributed by atoms with Crippen LogP contribution in [0, 0.1) is 24.1 Å². The molecule has 0 aliphatic rings. The molecule has 0 unspecified atom stereocenters. The molecular weight excluding hydrogens is 257 g/mol. The van der Waals surface area contributed by atoms with E-state index in [0.717, 1.165) is 11.6 Å². The summed E-state index contributed by atoms with van der Waals surface area (Å²) >= 11 is 0. The lowest BCUT2D eigenvalue weighted by atomic mass is 10.2. The minimum Gasteiger partial charge on any atom is -0.369 e. The lowest BCUT2D eigenvalue weighted by Gasteiger charge is -2.07. The summed E-state index contributed by atoms with van der Waals surface area (Å²) in [5, 5.41) is 8.77. The summed E-state index contributed by atoms with van der Waals surface area (Å²) in [5.41, 5.74) is 8.38. The van der Waals surface area contributed by atoms with E-state index in [9.17, 15) is 4.39 Å². The molecule has 0 bridgehead atoms. The highest BCUT2D eigenvalue weighted by Gasteiger charge is 2.15. The van der Waals surface area contributed by atoms with Gasteiger partial charge in [0.25, 0.3) is 0 Å². The molecule has 1 aromatic carbocycles. The SMILES string of the molecule is Cc1ccnc2c1nc(N)n2-c1ccc(C#N)cc1F. The maximum atomic E-state index is 14.1. The number of nitrogen functional groups attached to an aromatic ring is 1. The molecule has 2 N–H and O–H groups in total. The third-order valence-corrected chi connectivity index (χ3v) is 3.09. The fraction of sp³-hybridized carbons (Fsp3) is 0.0714. The number of anilines is 1. The predicted octanol–water partition coefficient (Wildman–Crippen LogP) is 2.32. The van der Waals surface area contributed by atoms with Crippen LogP contribution in [0.2, 0.25) is 0 Å². The highest BCUT2D eigenvalue weighted by Crippen LogP contribution is 2.25. The number of aryl methyl sites for hydroxylation is 1. The van der Waals surface area contributed by atoms with Crippen LogP contribution < -0.4 is 5.73 Å². The second-order valence-electron chi connectivity index (χ2n) is 4.38. The number of hydrogen-bond acceptors (Lipinski definition) is 4. The molecule has 0 amide bonds. The largest absolute Gasteiger partial charge is 0.369 e. The molecule has 0 fully saturated rings. The Labute approximate surface area is 114 Å². The number of halogens is 1. The maximum Gasteiger partial charge on any atom is 0.207 e. The van der Waals surface area contributed by atoms with Crippen LogP contribution in [0.4, 0.5) is 10.3 Å². The second kappa shape index (κ2) is 4.31. The Morgan fingerprint density at radius 3 is 2.85 bits per heavy atom. The lowest BCUT2D eigenvalue weighted by molar-refractivity contribution is 0.619. The highest BCUT2D eigenvalue weighted by molar-refractivity contribution is 5.80. The number of benzene rings is 1. The number of hydrogen-bond donors (Lipinski definition) is 1. The zero-order valence-electron chi connectivity index (χ0n) is 10.6. The van der Waals surface area contributed by atoms with Gasteiger partial charge in [0, 0.05) is 6.20 Å². The molecule has 6 heteroatoms. The van der Waals surface area contributed by atoms with E-state index in [0.29, 0.717) is 11.2 Å². The van der Waals surface area contributed by atoms with Crippen LogP contribution in [0.5, 0.6) is 0 Å². The molecule has 5 nitrogen and oxygen atoms in total. The summed E-state index contributed by atoms with van der Waals surface area (Å²) in [6.07, 6.45) is 1.62. The van der Waals surface area contributed by atoms with Crippen molar-refractivity contribution in [1.82, 2.24) is 14.5 Å². The molecule has 0 spiro atoms. The number of fused-ring (bicyclic) bond motifs is 1. The van der Waals surface area contributed by atoms with Crippen LogP contribution in [0.3, 0.4) is 0 Å². The van der Waals surface area contributed by atoms with E-state index < -0.39 is 5.82 Å². The van der Waals surface area contributed by atoms with E-state index in [2.05, 4.69) is 9.97 Å². The van der Waals surface area contributed by atoms with Gasteiger partial charge in [-0.2, -0.15) is 5.26 Å². The lowest BCUT2D eigenvalue weighted by Crippen LogP contribution is -2.04. The summed E-state index contributed by atoms with van der Waals surface area (Å²) < 4.78 is 15.6. The van der Waals surface area contributed by atoms with Gasteiger partial charge < -0.3 is 5.73 Å². The molecular formula is C14H10FN5. The van der Waals surface area contributed by atoms with Crippen LogP contribution in [-0.4, -0.2) is 14.5 Å². The first-order valence-corrected chi connectivity index (χ1v) is 5.91. The monoisotopic (exact) mass is 267 g/mol. The van der Waals surface area contributed by atoms with Crippen molar-refractivity contribution in [2.75, 3.05) is 5.73 Å². The predicted molar refractivity (Wildman–Crippen MR) is 72.7 cm³/mol. The number of pyridine rings is 1. The van der Waals surface area contributed by atoms with Crippen LogP contribution in [0.15, 0.2) is 30.5 Å². The average molecular weight is 267 g/mol. The van der Waals surface area contributed by atoms with Gasteiger partial charge in [-0.05, 0) is 36.8 Å². The molecule has 3 rings (SSSR count). The summed E-state index contributed by atoms with van der Waals surface area (Å²) in [6.45, 7) is 1.88. The summed E-state index contributed by atoms with van der Waals surface area (Å²) in [7, 11) is 0. The zero-order valence-corrected chi connectivity index (χ0v) is 10.6. The van der Waals surface area contributed by atoms with Gasteiger partial charge in [-0.1, -0.05) is 0 Å². The van der Waals surface area contributed by atoms with E-state index in [1.807, 2.05) is 19.1 Å². The molecule has 2 aromatic heterocycles. The van der Waals surface area contributed by atoms with Gasteiger partial charge >= 0.3 is 0 Å². The van der Waals surface area contributed by atoms with Crippen LogP contribution >= 0.6 is 0 Å². The second-order valence-corrected chi connectivity index (χ2v) is 4.38. The molecule has 20 heavy (non-hydrogen) atoms. The van der Waals surface area contributed by atoms with Crippen molar-refractivity contribution < 1.29 is 4.39 Å². The molecule has 2 heterocycles. The van der Waals surface area contributed by atoms with Gasteiger partial charge in [-0.15, -0.1) is 0 Å². The van der Waals surface area contributed by atoms with Crippen LogP contribution in [-0.2, 0) is 0 Å². The average Bonchev–Trinajstić information content (AvgIpc) is 2.77. The Morgan fingerprint density at radius 1 is 1.35 bits per heavy atom. The molecule has 0 aliphatic heterocycles. The number of nitrogens with two attached hydrogens (primary N) is 1. The molecule has 0 atom stereocenters. The minimum absolute atomic E-state index is 0.158. The third-order valence-electron chi connectivity index (χ3n) is 3.09. The number of imidazole rings is 1. The zero-order chi connectivity index (χ0) is 14.3. The molecule has 0 aliphatic carbocycles. The highest BCUT2D eigenvalue weighted by atomic mass is 19.1. The first-order chi connectivity index (χ1) is 9.61. The van der Waals surface area contributed by atoms with Crippen molar-refractivity contribution in [2.24, 2.45) is 0 Å². The first kappa shape index (κ1) is 12.1. The van der Waals surface area contributed by atoms with Gasteiger partial charge in [0.05, 0.1) is 17.3 Å². The number of nitrogens with zero attached hydrogens (tertiary/aromatic N) is 4. The van der Waals surface area contributed by atoms with Crippen molar-refractivity contribution in [2.45, 2.75) is 6.92 Å². The molecule has 0 saturated carbocycles. The van der Waals surface area contributed by atoms with Crippen LogP contribution in [0.25, 0.3) is 16.9 Å².